The van der Waals surface area contributed by atoms with Crippen LogP contribution in [0.2, 0.25) is 0 Å². The van der Waals surface area contributed by atoms with E-state index in [1.807, 2.05) is 26.1 Å². The van der Waals surface area contributed by atoms with Gasteiger partial charge < -0.3 is 10.2 Å². The van der Waals surface area contributed by atoms with Crippen LogP contribution in [0.25, 0.3) is 0 Å². The molecule has 0 heterocycles. The smallest absolute Gasteiger partial charge is 0.321 e. The molecule has 1 aromatic carbocycles. The van der Waals surface area contributed by atoms with E-state index in [2.05, 4.69) is 29.7 Å². The highest BCUT2D eigenvalue weighted by Gasteiger charge is 2.23. The molecular weight excluding hydrogens is 242 g/mol. The van der Waals surface area contributed by atoms with Crippen molar-refractivity contribution in [3.63, 3.8) is 0 Å². The number of urea groups is 1. The largest absolute Gasteiger partial charge is 0.341 e. The number of hydrogen-bond acceptors (Lipinski definition) is 2. The average molecular weight is 264 g/mol. The molecule has 0 saturated heterocycles. The average Bonchev–Trinajstić information content (AvgIpc) is 2.40. The summed E-state index contributed by atoms with van der Waals surface area (Å²) in [6.07, 6.45) is 0. The molecule has 0 aliphatic rings. The van der Waals surface area contributed by atoms with E-state index in [0.29, 0.717) is 0 Å². The molecule has 0 saturated carbocycles. The topological polar surface area (TPSA) is 62.6 Å². The van der Waals surface area contributed by atoms with Gasteiger partial charge in [-0.15, -0.1) is 0 Å². The van der Waals surface area contributed by atoms with Gasteiger partial charge in [-0.1, -0.05) is 24.3 Å². The first-order valence-corrected chi connectivity index (χ1v) is 6.35. The molecule has 104 valence electrons. The lowest BCUT2D eigenvalue weighted by molar-refractivity contribution is -0.908. The molecule has 5 nitrogen and oxygen atoms in total. The molecule has 1 unspecified atom stereocenters. The SMILES string of the molecule is CNC(=O)NC(=O)[C@@H](C)[NH+](C)Cc1ccccc1C. The first kappa shape index (κ1) is 15.2. The Morgan fingerprint density at radius 3 is 2.53 bits per heavy atom. The minimum Gasteiger partial charge on any atom is -0.341 e. The first-order chi connectivity index (χ1) is 8.95. The van der Waals surface area contributed by atoms with Crippen molar-refractivity contribution in [1.82, 2.24) is 10.6 Å². The van der Waals surface area contributed by atoms with E-state index >= 15 is 0 Å². The van der Waals surface area contributed by atoms with Crippen LogP contribution in [0.4, 0.5) is 4.79 Å². The molecule has 0 aliphatic heterocycles. The van der Waals surface area contributed by atoms with E-state index in [4.69, 9.17) is 0 Å². The number of rotatable bonds is 4. The fraction of sp³-hybridized carbons (Fsp3) is 0.429. The second-order valence-corrected chi connectivity index (χ2v) is 4.74. The maximum atomic E-state index is 11.8. The molecule has 0 bridgehead atoms. The molecule has 0 fully saturated rings. The predicted molar refractivity (Wildman–Crippen MR) is 73.8 cm³/mol. The Kier molecular flexibility index (Phi) is 5.51. The molecule has 1 rings (SSSR count). The van der Waals surface area contributed by atoms with Gasteiger partial charge in [-0.25, -0.2) is 4.79 Å². The first-order valence-electron chi connectivity index (χ1n) is 6.35. The van der Waals surface area contributed by atoms with Crippen LogP contribution in [0.3, 0.4) is 0 Å². The third-order valence-electron chi connectivity index (χ3n) is 3.33. The molecule has 0 radical (unpaired) electrons. The van der Waals surface area contributed by atoms with E-state index in [1.54, 1.807) is 0 Å². The summed E-state index contributed by atoms with van der Waals surface area (Å²) in [7, 11) is 3.43. The molecule has 0 aliphatic carbocycles. The summed E-state index contributed by atoms with van der Waals surface area (Å²) in [5, 5.41) is 4.67. The Bertz CT molecular complexity index is 460. The highest BCUT2D eigenvalue weighted by Crippen LogP contribution is 2.04. The van der Waals surface area contributed by atoms with Crippen LogP contribution in [0, 0.1) is 6.92 Å². The third kappa shape index (κ3) is 4.37. The van der Waals surface area contributed by atoms with Crippen molar-refractivity contribution in [2.45, 2.75) is 26.4 Å². The second kappa shape index (κ2) is 6.89. The van der Waals surface area contributed by atoms with Crippen LogP contribution in [0.15, 0.2) is 24.3 Å². The van der Waals surface area contributed by atoms with Crippen molar-refractivity contribution in [2.75, 3.05) is 14.1 Å². The van der Waals surface area contributed by atoms with Gasteiger partial charge in [0, 0.05) is 12.6 Å². The van der Waals surface area contributed by atoms with Crippen LogP contribution in [-0.2, 0) is 11.3 Å². The van der Waals surface area contributed by atoms with Crippen molar-refractivity contribution < 1.29 is 14.5 Å². The van der Waals surface area contributed by atoms with Crippen LogP contribution in [0.1, 0.15) is 18.1 Å². The Labute approximate surface area is 114 Å². The van der Waals surface area contributed by atoms with Crippen LogP contribution < -0.4 is 15.5 Å². The zero-order chi connectivity index (χ0) is 14.4. The zero-order valence-electron chi connectivity index (χ0n) is 11.9. The molecule has 2 atom stereocenters. The second-order valence-electron chi connectivity index (χ2n) is 4.74. The molecule has 3 amide bonds. The van der Waals surface area contributed by atoms with Crippen molar-refractivity contribution in [3.05, 3.63) is 35.4 Å². The van der Waals surface area contributed by atoms with Gasteiger partial charge >= 0.3 is 6.03 Å². The monoisotopic (exact) mass is 264 g/mol. The van der Waals surface area contributed by atoms with E-state index in [1.165, 1.54) is 18.2 Å². The van der Waals surface area contributed by atoms with E-state index in [-0.39, 0.29) is 11.9 Å². The lowest BCUT2D eigenvalue weighted by Crippen LogP contribution is -3.12. The maximum Gasteiger partial charge on any atom is 0.321 e. The summed E-state index contributed by atoms with van der Waals surface area (Å²) >= 11 is 0. The van der Waals surface area contributed by atoms with Crippen LogP contribution >= 0.6 is 0 Å². The van der Waals surface area contributed by atoms with Crippen LogP contribution in [-0.4, -0.2) is 32.1 Å². The lowest BCUT2D eigenvalue weighted by atomic mass is 10.1. The maximum absolute atomic E-state index is 11.8. The van der Waals surface area contributed by atoms with Gasteiger partial charge in [-0.2, -0.15) is 0 Å². The quantitative estimate of drug-likeness (QED) is 0.708. The summed E-state index contributed by atoms with van der Waals surface area (Å²) in [6.45, 7) is 4.61. The molecular formula is C14H22N3O2+. The molecule has 0 spiro atoms. The van der Waals surface area contributed by atoms with Crippen LogP contribution in [0.5, 0.6) is 0 Å². The summed E-state index contributed by atoms with van der Waals surface area (Å²) < 4.78 is 0. The summed E-state index contributed by atoms with van der Waals surface area (Å²) in [5.74, 6) is -0.273. The van der Waals surface area contributed by atoms with Gasteiger partial charge in [0.25, 0.3) is 5.91 Å². The zero-order valence-corrected chi connectivity index (χ0v) is 11.9. The summed E-state index contributed by atoms with van der Waals surface area (Å²) in [6, 6.07) is 7.33. The number of carbonyl (C=O) groups excluding carboxylic acids is 2. The molecule has 5 heteroatoms. The van der Waals surface area contributed by atoms with Gasteiger partial charge in [-0.05, 0) is 19.4 Å². The standard InChI is InChI=1S/C14H21N3O2/c1-10-7-5-6-8-12(10)9-17(4)11(2)13(18)16-14(19)15-3/h5-8,11H,9H2,1-4H3,(H2,15,16,18,19)/p+1/t11-/m1/s1. The Morgan fingerprint density at radius 1 is 1.32 bits per heavy atom. The molecule has 3 N–H and O–H groups in total. The summed E-state index contributed by atoms with van der Waals surface area (Å²) in [4.78, 5) is 24.0. The van der Waals surface area contributed by atoms with Gasteiger partial charge in [0.1, 0.15) is 6.54 Å². The Balaban J connectivity index is 2.62. The number of imide groups is 1. The van der Waals surface area contributed by atoms with E-state index in [0.717, 1.165) is 11.4 Å². The number of benzene rings is 1. The van der Waals surface area contributed by atoms with E-state index < -0.39 is 6.03 Å². The Hall–Kier alpha value is -1.88. The van der Waals surface area contributed by atoms with Crippen molar-refractivity contribution >= 4 is 11.9 Å². The van der Waals surface area contributed by atoms with Crippen molar-refractivity contribution in [1.29, 1.82) is 0 Å². The fourth-order valence-electron chi connectivity index (χ4n) is 1.77. The minimum atomic E-state index is -0.472. The normalized spacial score (nSPS) is 13.5. The number of nitrogens with one attached hydrogen (secondary N) is 3. The number of quaternary nitrogens is 1. The molecule has 0 aromatic heterocycles. The number of amides is 3. The van der Waals surface area contributed by atoms with Crippen molar-refractivity contribution in [3.8, 4) is 0 Å². The lowest BCUT2D eigenvalue weighted by Gasteiger charge is -2.21. The van der Waals surface area contributed by atoms with E-state index in [9.17, 15) is 9.59 Å². The summed E-state index contributed by atoms with van der Waals surface area (Å²) in [5.41, 5.74) is 2.42. The molecule has 19 heavy (non-hydrogen) atoms. The van der Waals surface area contributed by atoms with Crippen molar-refractivity contribution in [2.24, 2.45) is 0 Å². The molecule has 1 aromatic rings. The third-order valence-corrected chi connectivity index (χ3v) is 3.33. The number of aryl methyl sites for hydroxylation is 1. The fourth-order valence-corrected chi connectivity index (χ4v) is 1.77. The number of carbonyl (C=O) groups is 2. The predicted octanol–water partition coefficient (Wildman–Crippen LogP) is -0.146. The minimum absolute atomic E-state index is 0.273. The van der Waals surface area contributed by atoms with Gasteiger partial charge in [0.15, 0.2) is 6.04 Å². The highest BCUT2D eigenvalue weighted by molar-refractivity contribution is 5.96. The Morgan fingerprint density at radius 2 is 1.95 bits per heavy atom. The number of likely N-dealkylation sites (N-methyl/N-ethyl adjacent to an activating group) is 1. The van der Waals surface area contributed by atoms with Gasteiger partial charge in [0.05, 0.1) is 7.05 Å². The number of hydrogen-bond donors (Lipinski definition) is 3. The van der Waals surface area contributed by atoms with Gasteiger partial charge in [0.2, 0.25) is 0 Å². The highest BCUT2D eigenvalue weighted by atomic mass is 16.2. The van der Waals surface area contributed by atoms with Gasteiger partial charge in [-0.3, -0.25) is 10.1 Å².